The third kappa shape index (κ3) is 4.95. The van der Waals surface area contributed by atoms with Gasteiger partial charge in [0.2, 0.25) is 0 Å². The van der Waals surface area contributed by atoms with Crippen LogP contribution in [0.1, 0.15) is 6.92 Å². The van der Waals surface area contributed by atoms with Crippen LogP contribution in [0.4, 0.5) is 13.2 Å². The van der Waals surface area contributed by atoms with Gasteiger partial charge in [0.15, 0.2) is 6.10 Å². The number of hydrogen-bond donors (Lipinski definition) is 0. The minimum atomic E-state index is -4.41. The van der Waals surface area contributed by atoms with Gasteiger partial charge in [-0.1, -0.05) is 0 Å². The highest BCUT2D eigenvalue weighted by molar-refractivity contribution is 5.73. The highest BCUT2D eigenvalue weighted by Gasteiger charge is 2.30. The molecule has 0 aliphatic heterocycles. The quantitative estimate of drug-likeness (QED) is 0.619. The summed E-state index contributed by atoms with van der Waals surface area (Å²) in [7, 11) is 1.08. The van der Waals surface area contributed by atoms with Crippen molar-refractivity contribution in [3.05, 3.63) is 0 Å². The summed E-state index contributed by atoms with van der Waals surface area (Å²) in [5, 5.41) is 0. The van der Waals surface area contributed by atoms with Crippen LogP contribution in [-0.4, -0.2) is 32.0 Å². The van der Waals surface area contributed by atoms with Gasteiger partial charge in [0, 0.05) is 0 Å². The van der Waals surface area contributed by atoms with Gasteiger partial charge in [-0.25, -0.2) is 4.79 Å². The van der Waals surface area contributed by atoms with E-state index in [9.17, 15) is 18.0 Å². The summed E-state index contributed by atoms with van der Waals surface area (Å²) >= 11 is 0. The zero-order valence-corrected chi connectivity index (χ0v) is 6.64. The molecule has 0 aliphatic carbocycles. The zero-order valence-electron chi connectivity index (χ0n) is 6.64. The predicted molar refractivity (Wildman–Crippen MR) is 33.5 cm³/mol. The molecule has 0 fully saturated rings. The molecule has 0 radical (unpaired) electrons. The molecule has 0 aromatic rings. The van der Waals surface area contributed by atoms with E-state index >= 15 is 0 Å². The molecule has 0 N–H and O–H groups in total. The summed E-state index contributed by atoms with van der Waals surface area (Å²) in [6.45, 7) is -0.249. The molecule has 72 valence electrons. The molecule has 1 atom stereocenters. The van der Waals surface area contributed by atoms with Crippen molar-refractivity contribution in [2.75, 3.05) is 13.7 Å². The lowest BCUT2D eigenvalue weighted by atomic mass is 10.4. The van der Waals surface area contributed by atoms with E-state index in [1.807, 2.05) is 0 Å². The molecule has 0 rings (SSSR count). The van der Waals surface area contributed by atoms with E-state index in [4.69, 9.17) is 0 Å². The Kier molecular flexibility index (Phi) is 4.02. The molecule has 0 saturated carbocycles. The number of hydrogen-bond acceptors (Lipinski definition) is 3. The summed E-state index contributed by atoms with van der Waals surface area (Å²) in [5.74, 6) is -0.820. The van der Waals surface area contributed by atoms with Gasteiger partial charge in [0.05, 0.1) is 7.11 Å². The van der Waals surface area contributed by atoms with Crippen molar-refractivity contribution in [2.45, 2.75) is 19.2 Å². The molecule has 0 heterocycles. The number of ether oxygens (including phenoxy) is 2. The van der Waals surface area contributed by atoms with E-state index < -0.39 is 24.9 Å². The lowest BCUT2D eigenvalue weighted by Gasteiger charge is -2.11. The van der Waals surface area contributed by atoms with Crippen LogP contribution < -0.4 is 0 Å². The molecule has 0 bridgehead atoms. The number of carbonyl (C=O) groups excluding carboxylic acids is 1. The molecule has 0 aromatic heterocycles. The largest absolute Gasteiger partial charge is 0.467 e. The Morgan fingerprint density at radius 3 is 2.33 bits per heavy atom. The van der Waals surface area contributed by atoms with Crippen LogP contribution in [0.3, 0.4) is 0 Å². The van der Waals surface area contributed by atoms with Crippen LogP contribution in [0.2, 0.25) is 0 Å². The minimum absolute atomic E-state index is 0.820. The monoisotopic (exact) mass is 186 g/mol. The van der Waals surface area contributed by atoms with Crippen LogP contribution in [0.15, 0.2) is 0 Å². The highest BCUT2D eigenvalue weighted by atomic mass is 19.4. The van der Waals surface area contributed by atoms with Crippen molar-refractivity contribution in [2.24, 2.45) is 0 Å². The van der Waals surface area contributed by atoms with Gasteiger partial charge >= 0.3 is 12.1 Å². The van der Waals surface area contributed by atoms with Crippen molar-refractivity contribution in [1.29, 1.82) is 0 Å². The number of carbonyl (C=O) groups is 1. The normalized spacial score (nSPS) is 14.1. The molecule has 0 unspecified atom stereocenters. The Morgan fingerprint density at radius 2 is 2.00 bits per heavy atom. The van der Waals surface area contributed by atoms with Gasteiger partial charge in [0.1, 0.15) is 6.61 Å². The van der Waals surface area contributed by atoms with Gasteiger partial charge in [0.25, 0.3) is 0 Å². The molecule has 0 amide bonds. The molecular formula is C6H9F3O3. The number of alkyl halides is 3. The third-order valence-electron chi connectivity index (χ3n) is 1.03. The Balaban J connectivity index is 3.72. The molecule has 0 saturated heterocycles. The van der Waals surface area contributed by atoms with E-state index in [-0.39, 0.29) is 0 Å². The van der Waals surface area contributed by atoms with Gasteiger partial charge < -0.3 is 9.47 Å². The van der Waals surface area contributed by atoms with Gasteiger partial charge in [-0.15, -0.1) is 0 Å². The Labute approximate surface area is 67.4 Å². The van der Waals surface area contributed by atoms with Crippen LogP contribution in [0.5, 0.6) is 0 Å². The fourth-order valence-corrected chi connectivity index (χ4v) is 0.453. The second kappa shape index (κ2) is 4.30. The first-order valence-electron chi connectivity index (χ1n) is 3.13. The lowest BCUT2D eigenvalue weighted by molar-refractivity contribution is -0.191. The van der Waals surface area contributed by atoms with Crippen molar-refractivity contribution in [3.8, 4) is 0 Å². The smallest absolute Gasteiger partial charge is 0.411 e. The summed E-state index contributed by atoms with van der Waals surface area (Å²) in [6, 6.07) is 0. The van der Waals surface area contributed by atoms with Crippen molar-refractivity contribution in [3.63, 3.8) is 0 Å². The fourth-order valence-electron chi connectivity index (χ4n) is 0.453. The topological polar surface area (TPSA) is 35.5 Å². The van der Waals surface area contributed by atoms with E-state index in [1.165, 1.54) is 6.92 Å². The second-order valence-corrected chi connectivity index (χ2v) is 2.09. The SMILES string of the molecule is COC(=O)[C@H](C)OCC(F)(F)F. The molecule has 6 heteroatoms. The fraction of sp³-hybridized carbons (Fsp3) is 0.833. The van der Waals surface area contributed by atoms with Crippen molar-refractivity contribution >= 4 is 5.97 Å². The molecule has 3 nitrogen and oxygen atoms in total. The van der Waals surface area contributed by atoms with Crippen LogP contribution in [0, 0.1) is 0 Å². The molecule has 0 aromatic carbocycles. The third-order valence-corrected chi connectivity index (χ3v) is 1.03. The lowest BCUT2D eigenvalue weighted by Crippen LogP contribution is -2.27. The van der Waals surface area contributed by atoms with Crippen LogP contribution in [-0.2, 0) is 14.3 Å². The second-order valence-electron chi connectivity index (χ2n) is 2.09. The predicted octanol–water partition coefficient (Wildman–Crippen LogP) is 1.13. The molecule has 12 heavy (non-hydrogen) atoms. The first kappa shape index (κ1) is 11.2. The minimum Gasteiger partial charge on any atom is -0.467 e. The van der Waals surface area contributed by atoms with Gasteiger partial charge in [-0.3, -0.25) is 0 Å². The van der Waals surface area contributed by atoms with Gasteiger partial charge in [-0.2, -0.15) is 13.2 Å². The number of methoxy groups -OCH3 is 1. The summed E-state index contributed by atoms with van der Waals surface area (Å²) < 4.78 is 42.8. The zero-order chi connectivity index (χ0) is 9.78. The first-order valence-corrected chi connectivity index (χ1v) is 3.13. The van der Waals surface area contributed by atoms with Crippen LogP contribution >= 0.6 is 0 Å². The Hall–Kier alpha value is -0.780. The molecule has 0 spiro atoms. The van der Waals surface area contributed by atoms with Crippen LogP contribution in [0.25, 0.3) is 0 Å². The highest BCUT2D eigenvalue weighted by Crippen LogP contribution is 2.15. The maximum absolute atomic E-state index is 11.5. The van der Waals surface area contributed by atoms with E-state index in [1.54, 1.807) is 0 Å². The van der Waals surface area contributed by atoms with E-state index in [0.717, 1.165) is 7.11 Å². The average molecular weight is 186 g/mol. The van der Waals surface area contributed by atoms with Gasteiger partial charge in [-0.05, 0) is 6.92 Å². The Bertz CT molecular complexity index is 155. The molecule has 0 aliphatic rings. The van der Waals surface area contributed by atoms with E-state index in [0.29, 0.717) is 0 Å². The first-order chi connectivity index (χ1) is 5.37. The number of rotatable bonds is 3. The Morgan fingerprint density at radius 1 is 1.50 bits per heavy atom. The van der Waals surface area contributed by atoms with E-state index in [2.05, 4.69) is 9.47 Å². The van der Waals surface area contributed by atoms with Crippen molar-refractivity contribution in [1.82, 2.24) is 0 Å². The maximum atomic E-state index is 11.5. The number of esters is 1. The van der Waals surface area contributed by atoms with Crippen molar-refractivity contribution < 1.29 is 27.4 Å². The summed E-state index contributed by atoms with van der Waals surface area (Å²) in [5.41, 5.74) is 0. The maximum Gasteiger partial charge on any atom is 0.411 e. The summed E-state index contributed by atoms with van der Waals surface area (Å²) in [6.07, 6.45) is -5.60. The number of halogens is 3. The molecular weight excluding hydrogens is 177 g/mol. The summed E-state index contributed by atoms with van der Waals surface area (Å²) in [4.78, 5) is 10.5. The average Bonchev–Trinajstić information content (AvgIpc) is 1.97. The standard InChI is InChI=1S/C6H9F3O3/c1-4(5(10)11-2)12-3-6(7,8)9/h4H,3H2,1-2H3/t4-/m0/s1.